The van der Waals surface area contributed by atoms with Crippen molar-refractivity contribution >= 4 is 0 Å². The van der Waals surface area contributed by atoms with Crippen LogP contribution in [-0.4, -0.2) is 25.4 Å². The monoisotopic (exact) mass is 277 g/mol. The number of hydrogen-bond donors (Lipinski definition) is 1. The fourth-order valence-corrected chi connectivity index (χ4v) is 2.64. The predicted octanol–water partition coefficient (Wildman–Crippen LogP) is 3.70. The minimum Gasteiger partial charge on any atom is -0.487 e. The second-order valence-electron chi connectivity index (χ2n) is 6.08. The molecule has 0 saturated heterocycles. The first kappa shape index (κ1) is 15.3. The predicted molar refractivity (Wildman–Crippen MR) is 82.2 cm³/mol. The number of unbranched alkanes of at least 4 members (excludes halogenated alkanes) is 1. The van der Waals surface area contributed by atoms with Crippen molar-refractivity contribution < 1.29 is 9.47 Å². The van der Waals surface area contributed by atoms with Gasteiger partial charge >= 0.3 is 0 Å². The Morgan fingerprint density at radius 1 is 1.30 bits per heavy atom. The van der Waals surface area contributed by atoms with Crippen LogP contribution in [0.4, 0.5) is 0 Å². The van der Waals surface area contributed by atoms with Gasteiger partial charge in [-0.05, 0) is 26.3 Å². The van der Waals surface area contributed by atoms with Crippen LogP contribution in [0.2, 0.25) is 0 Å². The Labute approximate surface area is 122 Å². The standard InChI is InChI=1S/C17H27NO2/c1-4-5-11-19-12-10-18-15-13-17(2,3)20-16-9-7-6-8-14(15)16/h6-9,15,18H,4-5,10-13H2,1-3H3. The van der Waals surface area contributed by atoms with Crippen molar-refractivity contribution in [2.45, 2.75) is 51.7 Å². The molecule has 1 aromatic carbocycles. The molecule has 3 heteroatoms. The van der Waals surface area contributed by atoms with Gasteiger partial charge in [0.15, 0.2) is 0 Å². The number of rotatable bonds is 7. The third-order valence-corrected chi connectivity index (χ3v) is 3.66. The Hall–Kier alpha value is -1.06. The molecule has 2 rings (SSSR count). The molecule has 0 fully saturated rings. The first-order valence-electron chi connectivity index (χ1n) is 7.71. The normalized spacial score (nSPS) is 20.2. The zero-order chi connectivity index (χ0) is 14.4. The fraction of sp³-hybridized carbons (Fsp3) is 0.647. The molecule has 1 aromatic rings. The van der Waals surface area contributed by atoms with E-state index in [1.807, 2.05) is 6.07 Å². The maximum Gasteiger partial charge on any atom is 0.124 e. The maximum absolute atomic E-state index is 6.04. The van der Waals surface area contributed by atoms with Crippen LogP contribution in [0.15, 0.2) is 24.3 Å². The summed E-state index contributed by atoms with van der Waals surface area (Å²) in [6.07, 6.45) is 3.32. The number of nitrogens with one attached hydrogen (secondary N) is 1. The molecule has 1 heterocycles. The Kier molecular flexibility index (Phi) is 5.44. The number of hydrogen-bond acceptors (Lipinski definition) is 3. The molecule has 1 aliphatic rings. The van der Waals surface area contributed by atoms with Crippen LogP contribution in [0.3, 0.4) is 0 Å². The van der Waals surface area contributed by atoms with Gasteiger partial charge in [-0.15, -0.1) is 0 Å². The van der Waals surface area contributed by atoms with Gasteiger partial charge in [0.1, 0.15) is 11.4 Å². The van der Waals surface area contributed by atoms with Gasteiger partial charge in [0.2, 0.25) is 0 Å². The van der Waals surface area contributed by atoms with Crippen molar-refractivity contribution in [1.29, 1.82) is 0 Å². The molecular formula is C17H27NO2. The number of ether oxygens (including phenoxy) is 2. The van der Waals surface area contributed by atoms with Gasteiger partial charge in [-0.1, -0.05) is 31.5 Å². The molecule has 0 bridgehead atoms. The average molecular weight is 277 g/mol. The van der Waals surface area contributed by atoms with Crippen LogP contribution in [0, 0.1) is 0 Å². The summed E-state index contributed by atoms with van der Waals surface area (Å²) in [5.41, 5.74) is 1.15. The summed E-state index contributed by atoms with van der Waals surface area (Å²) in [5, 5.41) is 3.61. The van der Waals surface area contributed by atoms with Crippen molar-refractivity contribution in [2.24, 2.45) is 0 Å². The summed E-state index contributed by atoms with van der Waals surface area (Å²) in [6.45, 7) is 9.01. The minimum atomic E-state index is -0.116. The third kappa shape index (κ3) is 4.22. The second kappa shape index (κ2) is 7.09. The topological polar surface area (TPSA) is 30.5 Å². The van der Waals surface area contributed by atoms with E-state index in [0.717, 1.165) is 38.3 Å². The van der Waals surface area contributed by atoms with Gasteiger partial charge in [-0.25, -0.2) is 0 Å². The van der Waals surface area contributed by atoms with Crippen molar-refractivity contribution in [3.05, 3.63) is 29.8 Å². The maximum atomic E-state index is 6.04. The summed E-state index contributed by atoms with van der Waals surface area (Å²) in [6, 6.07) is 8.67. The Balaban J connectivity index is 1.87. The van der Waals surface area contributed by atoms with Crippen LogP contribution in [-0.2, 0) is 4.74 Å². The summed E-state index contributed by atoms with van der Waals surface area (Å²) in [4.78, 5) is 0. The summed E-state index contributed by atoms with van der Waals surface area (Å²) < 4.78 is 11.6. The van der Waals surface area contributed by atoms with Crippen molar-refractivity contribution in [3.63, 3.8) is 0 Å². The Bertz CT molecular complexity index is 417. The van der Waals surface area contributed by atoms with Crippen LogP contribution in [0.25, 0.3) is 0 Å². The van der Waals surface area contributed by atoms with Gasteiger partial charge < -0.3 is 14.8 Å². The zero-order valence-corrected chi connectivity index (χ0v) is 12.9. The largest absolute Gasteiger partial charge is 0.487 e. The van der Waals surface area contributed by atoms with E-state index in [-0.39, 0.29) is 5.60 Å². The van der Waals surface area contributed by atoms with E-state index in [1.54, 1.807) is 0 Å². The molecule has 20 heavy (non-hydrogen) atoms. The molecule has 0 saturated carbocycles. The van der Waals surface area contributed by atoms with Gasteiger partial charge in [-0.2, -0.15) is 0 Å². The first-order chi connectivity index (χ1) is 9.62. The molecule has 1 unspecified atom stereocenters. The number of fused-ring (bicyclic) bond motifs is 1. The number of benzene rings is 1. The van der Waals surface area contributed by atoms with E-state index in [4.69, 9.17) is 9.47 Å². The van der Waals surface area contributed by atoms with Gasteiger partial charge in [0.05, 0.1) is 6.61 Å². The molecule has 0 aromatic heterocycles. The van der Waals surface area contributed by atoms with Crippen molar-refractivity contribution in [1.82, 2.24) is 5.32 Å². The quantitative estimate of drug-likeness (QED) is 0.771. The fourth-order valence-electron chi connectivity index (χ4n) is 2.64. The highest BCUT2D eigenvalue weighted by Crippen LogP contribution is 2.38. The van der Waals surface area contributed by atoms with Gasteiger partial charge in [-0.3, -0.25) is 0 Å². The van der Waals surface area contributed by atoms with E-state index < -0.39 is 0 Å². The average Bonchev–Trinajstić information content (AvgIpc) is 2.41. The van der Waals surface area contributed by atoms with Crippen molar-refractivity contribution in [3.8, 4) is 5.75 Å². The van der Waals surface area contributed by atoms with E-state index in [9.17, 15) is 0 Å². The van der Waals surface area contributed by atoms with Gasteiger partial charge in [0.25, 0.3) is 0 Å². The van der Waals surface area contributed by atoms with E-state index in [1.165, 1.54) is 12.0 Å². The Morgan fingerprint density at radius 2 is 2.10 bits per heavy atom. The van der Waals surface area contributed by atoms with E-state index in [0.29, 0.717) is 6.04 Å². The molecule has 1 atom stereocenters. The zero-order valence-electron chi connectivity index (χ0n) is 12.9. The van der Waals surface area contributed by atoms with Crippen LogP contribution < -0.4 is 10.1 Å². The molecule has 3 nitrogen and oxygen atoms in total. The SMILES string of the molecule is CCCCOCCNC1CC(C)(C)Oc2ccccc21. The molecule has 0 amide bonds. The molecular weight excluding hydrogens is 250 g/mol. The van der Waals surface area contributed by atoms with Crippen LogP contribution in [0.1, 0.15) is 51.6 Å². The molecule has 0 radical (unpaired) electrons. The van der Waals surface area contributed by atoms with Crippen LogP contribution >= 0.6 is 0 Å². The second-order valence-corrected chi connectivity index (χ2v) is 6.08. The van der Waals surface area contributed by atoms with Gasteiger partial charge in [0, 0.05) is 31.2 Å². The molecule has 1 aliphatic heterocycles. The lowest BCUT2D eigenvalue weighted by atomic mass is 9.90. The summed E-state index contributed by atoms with van der Waals surface area (Å²) >= 11 is 0. The first-order valence-corrected chi connectivity index (χ1v) is 7.71. The van der Waals surface area contributed by atoms with E-state index >= 15 is 0 Å². The third-order valence-electron chi connectivity index (χ3n) is 3.66. The minimum absolute atomic E-state index is 0.116. The smallest absolute Gasteiger partial charge is 0.124 e. The lowest BCUT2D eigenvalue weighted by Gasteiger charge is -2.38. The Morgan fingerprint density at radius 3 is 2.90 bits per heavy atom. The van der Waals surface area contributed by atoms with Crippen LogP contribution in [0.5, 0.6) is 5.75 Å². The molecule has 0 aliphatic carbocycles. The van der Waals surface area contributed by atoms with Crippen molar-refractivity contribution in [2.75, 3.05) is 19.8 Å². The number of para-hydroxylation sites is 1. The summed E-state index contributed by atoms with van der Waals surface area (Å²) in [5.74, 6) is 1.01. The molecule has 112 valence electrons. The highest BCUT2D eigenvalue weighted by molar-refractivity contribution is 5.38. The summed E-state index contributed by atoms with van der Waals surface area (Å²) in [7, 11) is 0. The highest BCUT2D eigenvalue weighted by Gasteiger charge is 2.32. The molecule has 1 N–H and O–H groups in total. The highest BCUT2D eigenvalue weighted by atomic mass is 16.5. The molecule has 0 spiro atoms. The lowest BCUT2D eigenvalue weighted by Crippen LogP contribution is -2.40. The lowest BCUT2D eigenvalue weighted by molar-refractivity contribution is 0.0625. The van der Waals surface area contributed by atoms with E-state index in [2.05, 4.69) is 44.3 Å².